The maximum absolute atomic E-state index is 12.5. The lowest BCUT2D eigenvalue weighted by Crippen LogP contribution is -2.22. The Balaban J connectivity index is 3.63. The van der Waals surface area contributed by atoms with Gasteiger partial charge in [-0.25, -0.2) is 0 Å². The number of pyridine rings is 1. The number of hydrogen-bond acceptors (Lipinski definition) is 3. The first kappa shape index (κ1) is 22.4. The minimum atomic E-state index is -0.191. The van der Waals surface area contributed by atoms with Crippen molar-refractivity contribution in [2.75, 3.05) is 5.32 Å². The Morgan fingerprint density at radius 2 is 1.71 bits per heavy atom. The number of amides is 1. The van der Waals surface area contributed by atoms with Crippen LogP contribution in [0.5, 0.6) is 0 Å². The summed E-state index contributed by atoms with van der Waals surface area (Å²) in [5.74, 6) is -0.191. The fraction of sp³-hybridized carbons (Fsp3) is 0.130. The largest absolute Gasteiger partial charge is 0.351 e. The van der Waals surface area contributed by atoms with Crippen molar-refractivity contribution in [2.24, 2.45) is 7.05 Å². The van der Waals surface area contributed by atoms with Gasteiger partial charge in [0.15, 0.2) is 0 Å². The molecule has 1 amide bonds. The number of allylic oxidation sites excluding steroid dienone is 8. The van der Waals surface area contributed by atoms with Crippen molar-refractivity contribution >= 4 is 17.2 Å². The Hall–Kier alpha value is -3.60. The first-order valence-corrected chi connectivity index (χ1v) is 8.66. The molecular formula is C23H27N3O2. The third-order valence-electron chi connectivity index (χ3n) is 3.90. The molecule has 0 atom stereocenters. The zero-order valence-electron chi connectivity index (χ0n) is 16.7. The van der Waals surface area contributed by atoms with Gasteiger partial charge in [-0.1, -0.05) is 44.5 Å². The summed E-state index contributed by atoms with van der Waals surface area (Å²) in [4.78, 5) is 24.1. The Morgan fingerprint density at radius 3 is 2.21 bits per heavy atom. The zero-order chi connectivity index (χ0) is 21.3. The monoisotopic (exact) mass is 377 g/mol. The van der Waals surface area contributed by atoms with Crippen LogP contribution in [0.15, 0.2) is 96.8 Å². The van der Waals surface area contributed by atoms with Crippen LogP contribution in [0.3, 0.4) is 0 Å². The second kappa shape index (κ2) is 10.5. The minimum Gasteiger partial charge on any atom is -0.351 e. The standard InChI is InChI=1S/C23H27N3O2/c1-8-12-19(10-3)25-22-14-18(15-26(7)23(22)28)20(11-4)16(5)21(13-9-2)24-17(6)27/h8-15,25H,1-4H2,5-7H3,(H,24,27)/b19-12+,20-16+,21-13+. The van der Waals surface area contributed by atoms with Crippen LogP contribution in [0.2, 0.25) is 0 Å². The number of nitrogens with one attached hydrogen (secondary N) is 2. The third-order valence-corrected chi connectivity index (χ3v) is 3.90. The molecule has 0 saturated carbocycles. The van der Waals surface area contributed by atoms with Crippen LogP contribution in [0.25, 0.3) is 5.57 Å². The fourth-order valence-electron chi connectivity index (χ4n) is 2.59. The highest BCUT2D eigenvalue weighted by Gasteiger charge is 2.12. The van der Waals surface area contributed by atoms with Gasteiger partial charge in [0.2, 0.25) is 5.91 Å². The highest BCUT2D eigenvalue weighted by Crippen LogP contribution is 2.25. The summed E-state index contributed by atoms with van der Waals surface area (Å²) in [6.07, 6.45) is 11.6. The topological polar surface area (TPSA) is 63.1 Å². The van der Waals surface area contributed by atoms with E-state index in [0.29, 0.717) is 17.1 Å². The molecule has 0 radical (unpaired) electrons. The lowest BCUT2D eigenvalue weighted by molar-refractivity contribution is -0.118. The predicted molar refractivity (Wildman–Crippen MR) is 119 cm³/mol. The predicted octanol–water partition coefficient (Wildman–Crippen LogP) is 4.22. The maximum Gasteiger partial charge on any atom is 0.274 e. The average molecular weight is 377 g/mol. The van der Waals surface area contributed by atoms with Gasteiger partial charge in [-0.2, -0.15) is 0 Å². The van der Waals surface area contributed by atoms with E-state index in [1.165, 1.54) is 11.5 Å². The van der Waals surface area contributed by atoms with Gasteiger partial charge in [0.25, 0.3) is 5.56 Å². The molecule has 0 aromatic carbocycles. The number of carbonyl (C=O) groups excluding carboxylic acids is 1. The van der Waals surface area contributed by atoms with Gasteiger partial charge in [-0.05, 0) is 42.4 Å². The van der Waals surface area contributed by atoms with E-state index in [0.717, 1.165) is 16.7 Å². The first-order valence-electron chi connectivity index (χ1n) is 8.66. The molecule has 0 bridgehead atoms. The molecule has 0 saturated heterocycles. The van der Waals surface area contributed by atoms with Crippen LogP contribution in [-0.2, 0) is 11.8 Å². The van der Waals surface area contributed by atoms with Gasteiger partial charge in [-0.3, -0.25) is 9.59 Å². The number of aromatic nitrogens is 1. The highest BCUT2D eigenvalue weighted by molar-refractivity contribution is 5.83. The van der Waals surface area contributed by atoms with Crippen LogP contribution in [0.1, 0.15) is 19.4 Å². The molecule has 2 N–H and O–H groups in total. The molecule has 28 heavy (non-hydrogen) atoms. The van der Waals surface area contributed by atoms with Gasteiger partial charge in [0, 0.05) is 37.1 Å². The van der Waals surface area contributed by atoms with Crippen molar-refractivity contribution in [3.8, 4) is 0 Å². The van der Waals surface area contributed by atoms with Gasteiger partial charge in [-0.15, -0.1) is 0 Å². The molecule has 1 heterocycles. The Labute approximate surface area is 166 Å². The second-order valence-corrected chi connectivity index (χ2v) is 5.99. The molecule has 146 valence electrons. The Kier molecular flexibility index (Phi) is 8.44. The van der Waals surface area contributed by atoms with E-state index >= 15 is 0 Å². The average Bonchev–Trinajstić information content (AvgIpc) is 2.64. The number of aryl methyl sites for hydroxylation is 1. The third kappa shape index (κ3) is 5.71. The van der Waals surface area contributed by atoms with Crippen LogP contribution < -0.4 is 16.2 Å². The Bertz CT molecular complexity index is 957. The summed E-state index contributed by atoms with van der Waals surface area (Å²) in [7, 11) is 1.67. The molecule has 0 unspecified atom stereocenters. The van der Waals surface area contributed by atoms with Crippen molar-refractivity contribution in [2.45, 2.75) is 13.8 Å². The zero-order valence-corrected chi connectivity index (χ0v) is 16.7. The van der Waals surface area contributed by atoms with E-state index in [9.17, 15) is 9.59 Å². The summed E-state index contributed by atoms with van der Waals surface area (Å²) in [5.41, 5.74) is 3.78. The van der Waals surface area contributed by atoms with E-state index in [-0.39, 0.29) is 11.5 Å². The van der Waals surface area contributed by atoms with E-state index in [4.69, 9.17) is 0 Å². The van der Waals surface area contributed by atoms with Gasteiger partial charge >= 0.3 is 0 Å². The number of anilines is 1. The molecule has 0 aliphatic rings. The quantitative estimate of drug-likeness (QED) is 0.634. The molecule has 0 spiro atoms. The summed E-state index contributed by atoms with van der Waals surface area (Å²) >= 11 is 0. The Morgan fingerprint density at radius 1 is 1.07 bits per heavy atom. The fourth-order valence-corrected chi connectivity index (χ4v) is 2.59. The smallest absolute Gasteiger partial charge is 0.274 e. The van der Waals surface area contributed by atoms with Crippen molar-refractivity contribution < 1.29 is 4.79 Å². The van der Waals surface area contributed by atoms with Crippen molar-refractivity contribution in [1.29, 1.82) is 0 Å². The lowest BCUT2D eigenvalue weighted by atomic mass is 9.99. The number of rotatable bonds is 9. The molecule has 5 nitrogen and oxygen atoms in total. The molecule has 1 rings (SSSR count). The molecule has 1 aromatic rings. The van der Waals surface area contributed by atoms with Gasteiger partial charge in [0.1, 0.15) is 5.69 Å². The maximum atomic E-state index is 12.5. The molecule has 0 fully saturated rings. The molecular weight excluding hydrogens is 350 g/mol. The number of hydrogen-bond donors (Lipinski definition) is 2. The molecule has 0 aliphatic heterocycles. The number of nitrogens with zero attached hydrogens (tertiary/aromatic N) is 1. The second-order valence-electron chi connectivity index (χ2n) is 5.99. The van der Waals surface area contributed by atoms with E-state index in [1.54, 1.807) is 55.8 Å². The van der Waals surface area contributed by atoms with Crippen LogP contribution >= 0.6 is 0 Å². The summed E-state index contributed by atoms with van der Waals surface area (Å²) in [6.45, 7) is 18.3. The molecule has 0 aliphatic carbocycles. The van der Waals surface area contributed by atoms with Crippen molar-refractivity contribution in [3.05, 3.63) is 108 Å². The van der Waals surface area contributed by atoms with Crippen LogP contribution in [0, 0.1) is 0 Å². The van der Waals surface area contributed by atoms with Gasteiger partial charge in [0.05, 0.1) is 0 Å². The van der Waals surface area contributed by atoms with Crippen LogP contribution in [-0.4, -0.2) is 10.5 Å². The summed E-state index contributed by atoms with van der Waals surface area (Å²) in [5, 5.41) is 5.86. The van der Waals surface area contributed by atoms with Crippen LogP contribution in [0.4, 0.5) is 5.69 Å². The lowest BCUT2D eigenvalue weighted by Gasteiger charge is -2.16. The highest BCUT2D eigenvalue weighted by atomic mass is 16.1. The summed E-state index contributed by atoms with van der Waals surface area (Å²) < 4.78 is 1.48. The van der Waals surface area contributed by atoms with Crippen molar-refractivity contribution in [3.63, 3.8) is 0 Å². The number of carbonyl (C=O) groups is 1. The summed E-state index contributed by atoms with van der Waals surface area (Å²) in [6, 6.07) is 1.74. The van der Waals surface area contributed by atoms with E-state index in [2.05, 4.69) is 36.9 Å². The first-order chi connectivity index (χ1) is 13.3. The molecule has 5 heteroatoms. The minimum absolute atomic E-state index is 0.189. The van der Waals surface area contributed by atoms with E-state index < -0.39 is 0 Å². The van der Waals surface area contributed by atoms with E-state index in [1.807, 2.05) is 6.92 Å². The SMILES string of the molecule is C=C/C=C(\C=C)Nc1cc(/C(C=C)=C(C)/C(=C\C=C)NC(C)=O)cn(C)c1=O. The molecule has 1 aromatic heterocycles. The normalized spacial score (nSPS) is 12.5. The van der Waals surface area contributed by atoms with Gasteiger partial charge < -0.3 is 15.2 Å². The van der Waals surface area contributed by atoms with Crippen molar-refractivity contribution in [1.82, 2.24) is 9.88 Å².